The van der Waals surface area contributed by atoms with Crippen LogP contribution in [-0.2, 0) is 14.3 Å². The number of halogens is 1. The van der Waals surface area contributed by atoms with Gasteiger partial charge in [-0.3, -0.25) is 14.4 Å². The molecular weight excluding hydrogens is 459 g/mol. The fraction of sp³-hybridized carbons (Fsp3) is 0.417. The highest BCUT2D eigenvalue weighted by atomic mass is 32.1. The molecule has 0 atom stereocenters. The molecular formula is C24H27FN4O4S. The van der Waals surface area contributed by atoms with Crippen molar-refractivity contribution in [1.82, 2.24) is 19.6 Å². The average molecular weight is 487 g/mol. The lowest BCUT2D eigenvalue weighted by Gasteiger charge is -2.32. The molecule has 3 heterocycles. The molecule has 0 spiro atoms. The fourth-order valence-corrected chi connectivity index (χ4v) is 5.27. The number of benzene rings is 1. The molecule has 3 aromatic rings. The smallest absolute Gasteiger partial charge is 0.309 e. The van der Waals surface area contributed by atoms with Gasteiger partial charge in [0.1, 0.15) is 10.6 Å². The van der Waals surface area contributed by atoms with Gasteiger partial charge < -0.3 is 14.5 Å². The molecule has 180 valence electrons. The van der Waals surface area contributed by atoms with Crippen LogP contribution in [0.4, 0.5) is 4.39 Å². The van der Waals surface area contributed by atoms with E-state index in [0.29, 0.717) is 43.1 Å². The monoisotopic (exact) mass is 486 g/mol. The molecule has 34 heavy (non-hydrogen) atoms. The van der Waals surface area contributed by atoms with Gasteiger partial charge in [0.2, 0.25) is 5.91 Å². The number of hydrogen-bond donors (Lipinski definition) is 0. The van der Waals surface area contributed by atoms with E-state index < -0.39 is 0 Å². The lowest BCUT2D eigenvalue weighted by Crippen LogP contribution is -2.45. The molecule has 0 saturated carbocycles. The van der Waals surface area contributed by atoms with Crippen molar-refractivity contribution in [2.24, 2.45) is 5.92 Å². The van der Waals surface area contributed by atoms with Gasteiger partial charge in [-0.15, -0.1) is 11.3 Å². The maximum absolute atomic E-state index is 13.3. The van der Waals surface area contributed by atoms with Crippen LogP contribution < -0.4 is 0 Å². The van der Waals surface area contributed by atoms with Gasteiger partial charge in [-0.2, -0.15) is 5.10 Å². The second-order valence-corrected chi connectivity index (χ2v) is 9.40. The van der Waals surface area contributed by atoms with Gasteiger partial charge in [0.05, 0.1) is 35.3 Å². The first-order valence-corrected chi connectivity index (χ1v) is 12.0. The number of hydrogen-bond acceptors (Lipinski definition) is 6. The lowest BCUT2D eigenvalue weighted by molar-refractivity contribution is -0.151. The summed E-state index contributed by atoms with van der Waals surface area (Å²) in [6, 6.07) is 7.80. The van der Waals surface area contributed by atoms with Crippen molar-refractivity contribution < 1.29 is 23.5 Å². The molecule has 2 amide bonds. The number of likely N-dealkylation sites (tertiary alicyclic amines) is 1. The third-order valence-electron chi connectivity index (χ3n) is 6.01. The molecule has 0 N–H and O–H groups in total. The maximum Gasteiger partial charge on any atom is 0.309 e. The maximum atomic E-state index is 13.3. The van der Waals surface area contributed by atoms with Gasteiger partial charge >= 0.3 is 5.97 Å². The number of ether oxygens (including phenoxy) is 1. The Morgan fingerprint density at radius 1 is 1.21 bits per heavy atom. The largest absolute Gasteiger partial charge is 0.466 e. The zero-order chi connectivity index (χ0) is 24.4. The number of fused-ring (bicyclic) bond motifs is 1. The molecule has 0 radical (unpaired) electrons. The van der Waals surface area contributed by atoms with E-state index in [4.69, 9.17) is 4.74 Å². The first-order chi connectivity index (χ1) is 16.3. The van der Waals surface area contributed by atoms with Crippen LogP contribution in [0.2, 0.25) is 0 Å². The minimum atomic E-state index is -0.331. The van der Waals surface area contributed by atoms with Gasteiger partial charge in [0.15, 0.2) is 0 Å². The molecule has 1 aliphatic heterocycles. The Bertz CT molecular complexity index is 1210. The molecule has 2 aromatic heterocycles. The molecule has 1 aromatic carbocycles. The fourth-order valence-electron chi connectivity index (χ4n) is 4.10. The Morgan fingerprint density at radius 3 is 2.53 bits per heavy atom. The van der Waals surface area contributed by atoms with Crippen molar-refractivity contribution >= 4 is 39.3 Å². The van der Waals surface area contributed by atoms with E-state index in [2.05, 4.69) is 5.10 Å². The standard InChI is InChI=1S/C24H27FN4O4S/c1-4-33-24(32)16-9-11-28(12-10-16)21(30)14-27(3)22(31)20-13-19-15(2)26-29(23(19)34-20)18-7-5-17(25)6-8-18/h5-8,13,16H,4,9-12,14H2,1-3H3. The number of carbonyl (C=O) groups excluding carboxylic acids is 3. The summed E-state index contributed by atoms with van der Waals surface area (Å²) in [4.78, 5) is 42.1. The third-order valence-corrected chi connectivity index (χ3v) is 7.11. The van der Waals surface area contributed by atoms with Crippen molar-refractivity contribution in [3.05, 3.63) is 46.7 Å². The average Bonchev–Trinajstić information content (AvgIpc) is 3.40. The van der Waals surface area contributed by atoms with E-state index in [1.807, 2.05) is 6.92 Å². The van der Waals surface area contributed by atoms with Gasteiger partial charge in [0, 0.05) is 25.5 Å². The Morgan fingerprint density at radius 2 is 1.88 bits per heavy atom. The Hall–Kier alpha value is -3.27. The quantitative estimate of drug-likeness (QED) is 0.499. The highest BCUT2D eigenvalue weighted by Crippen LogP contribution is 2.31. The summed E-state index contributed by atoms with van der Waals surface area (Å²) < 4.78 is 20.1. The van der Waals surface area contributed by atoms with Crippen molar-refractivity contribution in [2.45, 2.75) is 26.7 Å². The van der Waals surface area contributed by atoms with Crippen molar-refractivity contribution in [1.29, 1.82) is 0 Å². The van der Waals surface area contributed by atoms with E-state index in [1.165, 1.54) is 28.4 Å². The number of aryl methyl sites for hydroxylation is 1. The number of piperidine rings is 1. The molecule has 1 aliphatic rings. The van der Waals surface area contributed by atoms with E-state index in [1.54, 1.807) is 41.8 Å². The number of thiophene rings is 1. The predicted molar refractivity (Wildman–Crippen MR) is 127 cm³/mol. The van der Waals surface area contributed by atoms with E-state index in [-0.39, 0.29) is 36.1 Å². The number of amides is 2. The number of rotatable bonds is 6. The molecule has 0 bridgehead atoms. The van der Waals surface area contributed by atoms with Crippen LogP contribution in [0.3, 0.4) is 0 Å². The number of likely N-dealkylation sites (N-methyl/N-ethyl adjacent to an activating group) is 1. The predicted octanol–water partition coefficient (Wildman–Crippen LogP) is 3.41. The Labute approximate surface area is 200 Å². The number of aromatic nitrogens is 2. The summed E-state index contributed by atoms with van der Waals surface area (Å²) in [6.07, 6.45) is 1.13. The summed E-state index contributed by atoms with van der Waals surface area (Å²) in [5, 5.41) is 5.37. The highest BCUT2D eigenvalue weighted by Gasteiger charge is 2.29. The molecule has 0 aliphatic carbocycles. The number of esters is 1. The highest BCUT2D eigenvalue weighted by molar-refractivity contribution is 7.20. The second kappa shape index (κ2) is 9.92. The van der Waals surface area contributed by atoms with Gasteiger partial charge in [-0.1, -0.05) is 0 Å². The molecule has 8 nitrogen and oxygen atoms in total. The molecule has 0 unspecified atom stereocenters. The summed E-state index contributed by atoms with van der Waals surface area (Å²) in [5.41, 5.74) is 1.47. The SMILES string of the molecule is CCOC(=O)C1CCN(C(=O)CN(C)C(=O)c2cc3c(C)nn(-c4ccc(F)cc4)c3s2)CC1. The third kappa shape index (κ3) is 4.82. The zero-order valence-electron chi connectivity index (χ0n) is 19.4. The van der Waals surface area contributed by atoms with Crippen LogP contribution in [0.15, 0.2) is 30.3 Å². The Balaban J connectivity index is 1.42. The van der Waals surface area contributed by atoms with Crippen LogP contribution >= 0.6 is 11.3 Å². The zero-order valence-corrected chi connectivity index (χ0v) is 20.2. The van der Waals surface area contributed by atoms with Crippen LogP contribution in [-0.4, -0.2) is 70.7 Å². The lowest BCUT2D eigenvalue weighted by atomic mass is 9.97. The molecule has 1 fully saturated rings. The topological polar surface area (TPSA) is 84.7 Å². The van der Waals surface area contributed by atoms with Crippen LogP contribution in [0.25, 0.3) is 15.9 Å². The van der Waals surface area contributed by atoms with Gasteiger partial charge in [-0.25, -0.2) is 9.07 Å². The van der Waals surface area contributed by atoms with Crippen LogP contribution in [0.5, 0.6) is 0 Å². The number of nitrogens with zero attached hydrogens (tertiary/aromatic N) is 4. The van der Waals surface area contributed by atoms with Crippen LogP contribution in [0, 0.1) is 18.7 Å². The normalized spacial score (nSPS) is 14.4. The summed E-state index contributed by atoms with van der Waals surface area (Å²) in [5.74, 6) is -1.11. The van der Waals surface area contributed by atoms with Gasteiger partial charge in [-0.05, 0) is 57.0 Å². The van der Waals surface area contributed by atoms with E-state index >= 15 is 0 Å². The number of carbonyl (C=O) groups is 3. The first kappa shape index (κ1) is 23.9. The van der Waals surface area contributed by atoms with Crippen molar-refractivity contribution in [3.63, 3.8) is 0 Å². The first-order valence-electron chi connectivity index (χ1n) is 11.2. The van der Waals surface area contributed by atoms with Crippen LogP contribution in [0.1, 0.15) is 35.1 Å². The summed E-state index contributed by atoms with van der Waals surface area (Å²) >= 11 is 1.29. The summed E-state index contributed by atoms with van der Waals surface area (Å²) in [7, 11) is 1.61. The summed E-state index contributed by atoms with van der Waals surface area (Å²) in [6.45, 7) is 4.89. The molecule has 1 saturated heterocycles. The second-order valence-electron chi connectivity index (χ2n) is 8.37. The van der Waals surface area contributed by atoms with E-state index in [9.17, 15) is 18.8 Å². The Kier molecular flexibility index (Phi) is 6.97. The van der Waals surface area contributed by atoms with Crippen molar-refractivity contribution in [3.8, 4) is 5.69 Å². The van der Waals surface area contributed by atoms with Gasteiger partial charge in [0.25, 0.3) is 5.91 Å². The minimum Gasteiger partial charge on any atom is -0.466 e. The van der Waals surface area contributed by atoms with Crippen molar-refractivity contribution in [2.75, 3.05) is 33.3 Å². The minimum absolute atomic E-state index is 0.0414. The molecule has 10 heteroatoms. The molecule has 4 rings (SSSR count). The van der Waals surface area contributed by atoms with E-state index in [0.717, 1.165) is 15.9 Å².